The van der Waals surface area contributed by atoms with Gasteiger partial charge in [0.15, 0.2) is 0 Å². The number of carbonyl (C=O) groups excluding carboxylic acids is 1. The highest BCUT2D eigenvalue weighted by molar-refractivity contribution is 6.06. The average Bonchev–Trinajstić information content (AvgIpc) is 2.91. The quantitative estimate of drug-likeness (QED) is 0.752. The first-order chi connectivity index (χ1) is 8.36. The Kier molecular flexibility index (Phi) is 2.40. The fourth-order valence-electron chi connectivity index (χ4n) is 2.15. The summed E-state index contributed by atoms with van der Waals surface area (Å²) in [6, 6.07) is 5.49. The SMILES string of the molecule is O=C(c1ccoc1)N1CCCc2ncccc21. The molecule has 0 unspecified atom stereocenters. The lowest BCUT2D eigenvalue weighted by Crippen LogP contribution is -2.35. The van der Waals surface area contributed by atoms with Crippen LogP contribution >= 0.6 is 0 Å². The smallest absolute Gasteiger partial charge is 0.261 e. The summed E-state index contributed by atoms with van der Waals surface area (Å²) in [5, 5.41) is 0. The molecule has 86 valence electrons. The maximum absolute atomic E-state index is 12.3. The van der Waals surface area contributed by atoms with Crippen molar-refractivity contribution in [2.24, 2.45) is 0 Å². The van der Waals surface area contributed by atoms with Crippen LogP contribution in [0, 0.1) is 0 Å². The molecule has 3 heterocycles. The molecule has 0 bridgehead atoms. The van der Waals surface area contributed by atoms with Crippen molar-refractivity contribution in [2.75, 3.05) is 11.4 Å². The third-order valence-corrected chi connectivity index (χ3v) is 2.97. The first-order valence-electron chi connectivity index (χ1n) is 5.64. The Morgan fingerprint density at radius 1 is 1.41 bits per heavy atom. The lowest BCUT2D eigenvalue weighted by molar-refractivity contribution is 0.0984. The number of amides is 1. The molecule has 4 nitrogen and oxygen atoms in total. The van der Waals surface area contributed by atoms with Crippen LogP contribution in [-0.2, 0) is 6.42 Å². The van der Waals surface area contributed by atoms with E-state index >= 15 is 0 Å². The molecule has 0 fully saturated rings. The van der Waals surface area contributed by atoms with Crippen LogP contribution in [0.25, 0.3) is 0 Å². The van der Waals surface area contributed by atoms with Gasteiger partial charge in [-0.15, -0.1) is 0 Å². The second-order valence-electron chi connectivity index (χ2n) is 4.04. The summed E-state index contributed by atoms with van der Waals surface area (Å²) >= 11 is 0. The average molecular weight is 228 g/mol. The zero-order valence-electron chi connectivity index (χ0n) is 9.30. The van der Waals surface area contributed by atoms with Gasteiger partial charge in [0.1, 0.15) is 6.26 Å². The molecule has 3 rings (SSSR count). The number of hydrogen-bond donors (Lipinski definition) is 0. The minimum absolute atomic E-state index is 0.0206. The monoisotopic (exact) mass is 228 g/mol. The number of nitrogens with zero attached hydrogens (tertiary/aromatic N) is 2. The topological polar surface area (TPSA) is 46.3 Å². The van der Waals surface area contributed by atoms with Crippen molar-refractivity contribution in [1.29, 1.82) is 0 Å². The van der Waals surface area contributed by atoms with Crippen LogP contribution in [0.4, 0.5) is 5.69 Å². The minimum Gasteiger partial charge on any atom is -0.472 e. The third kappa shape index (κ3) is 1.71. The van der Waals surface area contributed by atoms with E-state index in [2.05, 4.69) is 4.98 Å². The number of pyridine rings is 1. The van der Waals surface area contributed by atoms with Gasteiger partial charge in [0.05, 0.1) is 23.2 Å². The van der Waals surface area contributed by atoms with Gasteiger partial charge in [0, 0.05) is 12.7 Å². The highest BCUT2D eigenvalue weighted by atomic mass is 16.3. The molecule has 1 amide bonds. The first kappa shape index (κ1) is 10.1. The van der Waals surface area contributed by atoms with Crippen LogP contribution in [0.3, 0.4) is 0 Å². The van der Waals surface area contributed by atoms with Crippen LogP contribution in [0.15, 0.2) is 41.3 Å². The Hall–Kier alpha value is -2.10. The number of fused-ring (bicyclic) bond motifs is 1. The van der Waals surface area contributed by atoms with Gasteiger partial charge < -0.3 is 9.32 Å². The molecular formula is C13H12N2O2. The van der Waals surface area contributed by atoms with Crippen molar-refractivity contribution >= 4 is 11.6 Å². The molecule has 17 heavy (non-hydrogen) atoms. The Morgan fingerprint density at radius 2 is 2.35 bits per heavy atom. The third-order valence-electron chi connectivity index (χ3n) is 2.97. The number of aryl methyl sites for hydroxylation is 1. The molecule has 0 spiro atoms. The van der Waals surface area contributed by atoms with Crippen molar-refractivity contribution in [2.45, 2.75) is 12.8 Å². The van der Waals surface area contributed by atoms with E-state index in [9.17, 15) is 4.79 Å². The molecule has 0 saturated heterocycles. The Bertz CT molecular complexity index is 534. The summed E-state index contributed by atoms with van der Waals surface area (Å²) < 4.78 is 4.95. The van der Waals surface area contributed by atoms with E-state index in [1.54, 1.807) is 17.2 Å². The number of anilines is 1. The van der Waals surface area contributed by atoms with Gasteiger partial charge in [-0.2, -0.15) is 0 Å². The Morgan fingerprint density at radius 3 is 3.18 bits per heavy atom. The van der Waals surface area contributed by atoms with Gasteiger partial charge in [0.2, 0.25) is 0 Å². The molecule has 0 saturated carbocycles. The normalized spacial score (nSPS) is 14.5. The van der Waals surface area contributed by atoms with Gasteiger partial charge in [0.25, 0.3) is 5.91 Å². The van der Waals surface area contributed by atoms with E-state index in [1.165, 1.54) is 12.5 Å². The molecule has 1 aliphatic heterocycles. The molecule has 4 heteroatoms. The summed E-state index contributed by atoms with van der Waals surface area (Å²) in [7, 11) is 0. The van der Waals surface area contributed by atoms with Gasteiger partial charge in [-0.25, -0.2) is 0 Å². The molecule has 0 N–H and O–H groups in total. The number of hydrogen-bond acceptors (Lipinski definition) is 3. The summed E-state index contributed by atoms with van der Waals surface area (Å²) in [6.07, 6.45) is 6.65. The van der Waals surface area contributed by atoms with E-state index < -0.39 is 0 Å². The highest BCUT2D eigenvalue weighted by Gasteiger charge is 2.24. The van der Waals surface area contributed by atoms with Crippen molar-refractivity contribution in [3.8, 4) is 0 Å². The molecule has 2 aromatic rings. The summed E-state index contributed by atoms with van der Waals surface area (Å²) in [6.45, 7) is 0.739. The van der Waals surface area contributed by atoms with Gasteiger partial charge in [-0.05, 0) is 31.0 Å². The zero-order chi connectivity index (χ0) is 11.7. The van der Waals surface area contributed by atoms with Crippen molar-refractivity contribution in [3.63, 3.8) is 0 Å². The summed E-state index contributed by atoms with van der Waals surface area (Å²) in [5.41, 5.74) is 2.50. The van der Waals surface area contributed by atoms with E-state index in [0.717, 1.165) is 30.8 Å². The molecule has 0 radical (unpaired) electrons. The lowest BCUT2D eigenvalue weighted by atomic mass is 10.1. The van der Waals surface area contributed by atoms with Crippen molar-refractivity contribution < 1.29 is 9.21 Å². The van der Waals surface area contributed by atoms with Gasteiger partial charge >= 0.3 is 0 Å². The maximum atomic E-state index is 12.3. The van der Waals surface area contributed by atoms with E-state index in [-0.39, 0.29) is 5.91 Å². The van der Waals surface area contributed by atoms with E-state index in [1.807, 2.05) is 12.1 Å². The predicted molar refractivity (Wildman–Crippen MR) is 62.9 cm³/mol. The fourth-order valence-corrected chi connectivity index (χ4v) is 2.15. The maximum Gasteiger partial charge on any atom is 0.261 e. The van der Waals surface area contributed by atoms with Crippen LogP contribution in [0.2, 0.25) is 0 Å². The summed E-state index contributed by atoms with van der Waals surface area (Å²) in [4.78, 5) is 18.4. The van der Waals surface area contributed by atoms with Crippen molar-refractivity contribution in [1.82, 2.24) is 4.98 Å². The minimum atomic E-state index is -0.0206. The standard InChI is InChI=1S/C13H12N2O2/c16-13(10-5-8-17-9-10)15-7-2-3-11-12(15)4-1-6-14-11/h1,4-6,8-9H,2-3,7H2. The highest BCUT2D eigenvalue weighted by Crippen LogP contribution is 2.26. The first-order valence-corrected chi connectivity index (χ1v) is 5.64. The van der Waals surface area contributed by atoms with Crippen LogP contribution in [0.1, 0.15) is 22.5 Å². The molecule has 0 atom stereocenters. The van der Waals surface area contributed by atoms with Crippen molar-refractivity contribution in [3.05, 3.63) is 48.2 Å². The molecule has 2 aromatic heterocycles. The van der Waals surface area contributed by atoms with Crippen LogP contribution in [0.5, 0.6) is 0 Å². The number of furan rings is 1. The molecule has 1 aliphatic rings. The van der Waals surface area contributed by atoms with Gasteiger partial charge in [-0.3, -0.25) is 9.78 Å². The zero-order valence-corrected chi connectivity index (χ0v) is 9.30. The Balaban J connectivity index is 1.98. The number of carbonyl (C=O) groups is 1. The fraction of sp³-hybridized carbons (Fsp3) is 0.231. The molecule has 0 aliphatic carbocycles. The number of aromatic nitrogens is 1. The molecule has 0 aromatic carbocycles. The Labute approximate surface area is 98.9 Å². The second-order valence-corrected chi connectivity index (χ2v) is 4.04. The van der Waals surface area contributed by atoms with E-state index in [4.69, 9.17) is 4.42 Å². The van der Waals surface area contributed by atoms with Gasteiger partial charge in [-0.1, -0.05) is 0 Å². The predicted octanol–water partition coefficient (Wildman–Crippen LogP) is 2.27. The largest absolute Gasteiger partial charge is 0.472 e. The van der Waals surface area contributed by atoms with Crippen LogP contribution in [-0.4, -0.2) is 17.4 Å². The summed E-state index contributed by atoms with van der Waals surface area (Å²) in [5.74, 6) is -0.0206. The second kappa shape index (κ2) is 4.05. The molecular weight excluding hydrogens is 216 g/mol. The number of rotatable bonds is 1. The lowest BCUT2D eigenvalue weighted by Gasteiger charge is -2.28. The van der Waals surface area contributed by atoms with Crippen LogP contribution < -0.4 is 4.90 Å². The van der Waals surface area contributed by atoms with E-state index in [0.29, 0.717) is 5.56 Å².